The number of anilines is 3. The third kappa shape index (κ3) is 10.2. The van der Waals surface area contributed by atoms with E-state index in [4.69, 9.17) is 10.5 Å². The molecule has 3 heterocycles. The van der Waals surface area contributed by atoms with Gasteiger partial charge in [0.15, 0.2) is 0 Å². The van der Waals surface area contributed by atoms with Gasteiger partial charge in [-0.3, -0.25) is 19.5 Å². The zero-order valence-electron chi connectivity index (χ0n) is 33.7. The Kier molecular flexibility index (Phi) is 13.7. The quantitative estimate of drug-likeness (QED) is 0.0411. The number of carbonyl (C=O) groups is 2. The molecule has 13 heteroatoms. The Morgan fingerprint density at radius 1 is 0.983 bits per heavy atom. The number of phenolic OH excluding ortho intramolecular Hbond substituents is 1. The van der Waals surface area contributed by atoms with Crippen molar-refractivity contribution in [1.82, 2.24) is 20.1 Å². The lowest BCUT2D eigenvalue weighted by molar-refractivity contribution is 0.0634. The fraction of sp³-hybridized carbons (Fsp3) is 0.326. The smallest absolute Gasteiger partial charge is 0.253 e. The summed E-state index contributed by atoms with van der Waals surface area (Å²) < 4.78 is 5.40. The number of nitrogens with one attached hydrogen (secondary N) is 3. The Hall–Kier alpha value is -5.60. The maximum atomic E-state index is 13.7. The molecule has 0 radical (unpaired) electrons. The first-order chi connectivity index (χ1) is 28.7. The first kappa shape index (κ1) is 41.6. The molecule has 2 aliphatic rings. The summed E-state index contributed by atoms with van der Waals surface area (Å²) in [5.41, 5.74) is 12.1. The van der Waals surface area contributed by atoms with Crippen LogP contribution >= 0.6 is 11.8 Å². The molecule has 1 unspecified atom stereocenters. The molecule has 2 amide bonds. The molecule has 7 N–H and O–H groups in total. The molecule has 12 nitrogen and oxygen atoms in total. The topological polar surface area (TPSA) is 165 Å². The molecule has 1 saturated heterocycles. The molecular formula is C46H53N7O5S. The van der Waals surface area contributed by atoms with Gasteiger partial charge in [0.2, 0.25) is 0 Å². The molecule has 59 heavy (non-hydrogen) atoms. The fourth-order valence-electron chi connectivity index (χ4n) is 7.76. The minimum Gasteiger partial charge on any atom is -0.506 e. The van der Waals surface area contributed by atoms with Crippen LogP contribution in [0.2, 0.25) is 0 Å². The van der Waals surface area contributed by atoms with E-state index in [0.29, 0.717) is 48.9 Å². The number of aromatic nitrogens is 1. The number of methoxy groups -OCH3 is 1. The zero-order chi connectivity index (χ0) is 41.3. The number of carbonyl (C=O) groups excluding carboxylic acids is 2. The fourth-order valence-corrected chi connectivity index (χ4v) is 8.78. The Labute approximate surface area is 349 Å². The lowest BCUT2D eigenvalue weighted by Crippen LogP contribution is -2.48. The third-order valence-electron chi connectivity index (χ3n) is 10.9. The van der Waals surface area contributed by atoms with E-state index in [2.05, 4.69) is 31.9 Å². The lowest BCUT2D eigenvalue weighted by atomic mass is 9.97. The Balaban J connectivity index is 0.871. The first-order valence-electron chi connectivity index (χ1n) is 20.3. The number of ether oxygens (including phenoxy) is 1. The molecule has 308 valence electrons. The highest BCUT2D eigenvalue weighted by molar-refractivity contribution is 7.99. The van der Waals surface area contributed by atoms with Crippen molar-refractivity contribution in [2.24, 2.45) is 5.73 Å². The van der Waals surface area contributed by atoms with Gasteiger partial charge in [-0.2, -0.15) is 0 Å². The van der Waals surface area contributed by atoms with Crippen LogP contribution < -0.4 is 26.4 Å². The number of benzene rings is 4. The van der Waals surface area contributed by atoms with E-state index >= 15 is 0 Å². The van der Waals surface area contributed by atoms with E-state index in [0.717, 1.165) is 94.9 Å². The second-order valence-corrected chi connectivity index (χ2v) is 16.2. The highest BCUT2D eigenvalue weighted by Crippen LogP contribution is 2.38. The number of nitrogens with two attached hydrogens (primary N) is 1. The number of primary amides is 1. The van der Waals surface area contributed by atoms with E-state index in [1.54, 1.807) is 31.0 Å². The lowest BCUT2D eigenvalue weighted by Gasteiger charge is -2.34. The molecule has 5 aromatic rings. The minimum absolute atomic E-state index is 0.0397. The Morgan fingerprint density at radius 3 is 2.61 bits per heavy atom. The van der Waals surface area contributed by atoms with Crippen LogP contribution in [-0.4, -0.2) is 96.3 Å². The average molecular weight is 816 g/mol. The number of phenols is 1. The van der Waals surface area contributed by atoms with Crippen molar-refractivity contribution in [3.63, 3.8) is 0 Å². The number of pyridine rings is 1. The van der Waals surface area contributed by atoms with Gasteiger partial charge in [0.05, 0.1) is 35.7 Å². The summed E-state index contributed by atoms with van der Waals surface area (Å²) in [4.78, 5) is 37.1. The van der Waals surface area contributed by atoms with Crippen LogP contribution in [0.15, 0.2) is 94.9 Å². The van der Waals surface area contributed by atoms with Crippen LogP contribution in [0.5, 0.6) is 11.5 Å². The summed E-state index contributed by atoms with van der Waals surface area (Å²) in [6, 6.07) is 22.8. The summed E-state index contributed by atoms with van der Waals surface area (Å²) in [5, 5.41) is 31.7. The molecule has 0 saturated carbocycles. The van der Waals surface area contributed by atoms with Crippen LogP contribution in [0, 0.1) is 6.92 Å². The van der Waals surface area contributed by atoms with Gasteiger partial charge in [0.25, 0.3) is 11.8 Å². The molecule has 0 aliphatic carbocycles. The number of unbranched alkanes of at least 4 members (excludes halogenated alkanes) is 3. The Bertz CT molecular complexity index is 2330. The summed E-state index contributed by atoms with van der Waals surface area (Å²) in [5.74, 6) is 0.342. The summed E-state index contributed by atoms with van der Waals surface area (Å²) in [6.45, 7) is 8.08. The van der Waals surface area contributed by atoms with E-state index in [1.807, 2.05) is 78.6 Å². The van der Waals surface area contributed by atoms with Crippen LogP contribution in [0.1, 0.15) is 69.2 Å². The summed E-state index contributed by atoms with van der Waals surface area (Å²) in [7, 11) is 1.61. The van der Waals surface area contributed by atoms with Crippen molar-refractivity contribution in [3.05, 3.63) is 113 Å². The predicted molar refractivity (Wildman–Crippen MR) is 236 cm³/mol. The van der Waals surface area contributed by atoms with Crippen molar-refractivity contribution >= 4 is 57.6 Å². The maximum absolute atomic E-state index is 13.7. The molecule has 2 aliphatic heterocycles. The number of aliphatic hydroxyl groups is 1. The van der Waals surface area contributed by atoms with Gasteiger partial charge >= 0.3 is 0 Å². The monoisotopic (exact) mass is 815 g/mol. The van der Waals surface area contributed by atoms with E-state index in [9.17, 15) is 19.8 Å². The number of hydrogen-bond acceptors (Lipinski definition) is 11. The minimum atomic E-state index is -0.649. The summed E-state index contributed by atoms with van der Waals surface area (Å²) in [6.07, 6.45) is 9.21. The van der Waals surface area contributed by atoms with Crippen LogP contribution in [-0.2, 0) is 0 Å². The third-order valence-corrected chi connectivity index (χ3v) is 11.9. The second kappa shape index (κ2) is 19.4. The highest BCUT2D eigenvalue weighted by atomic mass is 32.2. The highest BCUT2D eigenvalue weighted by Gasteiger charge is 2.23. The van der Waals surface area contributed by atoms with Gasteiger partial charge in [-0.1, -0.05) is 55.0 Å². The molecular weight excluding hydrogens is 763 g/mol. The number of aromatic hydroxyl groups is 1. The van der Waals surface area contributed by atoms with Gasteiger partial charge in [0, 0.05) is 83.5 Å². The van der Waals surface area contributed by atoms with Gasteiger partial charge < -0.3 is 41.5 Å². The maximum Gasteiger partial charge on any atom is 0.253 e. The van der Waals surface area contributed by atoms with E-state index in [1.165, 1.54) is 6.20 Å². The van der Waals surface area contributed by atoms with Gasteiger partial charge in [0.1, 0.15) is 11.5 Å². The van der Waals surface area contributed by atoms with Crippen molar-refractivity contribution < 1.29 is 24.5 Å². The van der Waals surface area contributed by atoms with Crippen LogP contribution in [0.3, 0.4) is 0 Å². The van der Waals surface area contributed by atoms with E-state index < -0.39 is 12.0 Å². The van der Waals surface area contributed by atoms with Crippen molar-refractivity contribution in [2.75, 3.05) is 70.1 Å². The van der Waals surface area contributed by atoms with Gasteiger partial charge in [-0.25, -0.2) is 0 Å². The number of rotatable bonds is 17. The van der Waals surface area contributed by atoms with Gasteiger partial charge in [-0.05, 0) is 92.5 Å². The molecule has 4 aromatic carbocycles. The second-order valence-electron chi connectivity index (χ2n) is 15.0. The van der Waals surface area contributed by atoms with Crippen LogP contribution in [0.4, 0.5) is 17.1 Å². The number of aliphatic hydroxyl groups excluding tert-OH is 1. The van der Waals surface area contributed by atoms with Crippen molar-refractivity contribution in [3.8, 4) is 11.5 Å². The molecule has 1 atom stereocenters. The number of hydrogen-bond donors (Lipinski definition) is 6. The number of fused-ring (bicyclic) bond motifs is 2. The average Bonchev–Trinajstić information content (AvgIpc) is 3.25. The van der Waals surface area contributed by atoms with Crippen molar-refractivity contribution in [1.29, 1.82) is 0 Å². The SMILES string of the molecule is COc1cccc(Nc2c(C(N)=O)cnc3c(C)cc(Sc4cccc(C(=O)N5CCN(CCCCCCNCC(O)c6ccc(O)c7c6C=CCN7)CC5)c4)cc23)c1. The van der Waals surface area contributed by atoms with E-state index in [-0.39, 0.29) is 17.2 Å². The molecule has 1 aromatic heterocycles. The number of nitrogens with zero attached hydrogens (tertiary/aromatic N) is 3. The molecule has 1 fully saturated rings. The predicted octanol–water partition coefficient (Wildman–Crippen LogP) is 7.33. The zero-order valence-corrected chi connectivity index (χ0v) is 34.5. The largest absolute Gasteiger partial charge is 0.506 e. The first-order valence-corrected chi connectivity index (χ1v) is 21.1. The van der Waals surface area contributed by atoms with Gasteiger partial charge in [-0.15, -0.1) is 0 Å². The normalized spacial score (nSPS) is 14.5. The molecule has 0 spiro atoms. The van der Waals surface area contributed by atoms with Crippen molar-refractivity contribution in [2.45, 2.75) is 48.5 Å². The van der Waals surface area contributed by atoms with Crippen LogP contribution in [0.25, 0.3) is 17.0 Å². The molecule has 7 rings (SSSR count). The number of piperazine rings is 1. The Morgan fingerprint density at radius 2 is 1.80 bits per heavy atom. The summed E-state index contributed by atoms with van der Waals surface area (Å²) >= 11 is 1.56. The number of aryl methyl sites for hydroxylation is 1. The molecule has 0 bridgehead atoms. The number of amides is 2. The standard InChI is InChI=1S/C46H53N7O5S/c1-30-24-35(27-38-42(30)50-28-39(45(47)56)43(38)51-32-11-8-12-33(26-32)58-2)59-34-13-7-10-31(25-34)46(57)53-22-20-52(21-23-53)19-6-4-3-5-17-48-29-41(55)36-15-16-40(54)44-37(36)14-9-18-49-44/h7-16,24-28,41,48-49,54-55H,3-6,17-23,29H2,1-2H3,(H2,47,56)(H,50,51).